The van der Waals surface area contributed by atoms with Crippen LogP contribution in [0.15, 0.2) is 48.5 Å². The Morgan fingerprint density at radius 2 is 1.71 bits per heavy atom. The topological polar surface area (TPSA) is 41.5 Å². The Labute approximate surface area is 174 Å². The largest absolute Gasteiger partial charge is 0.492 e. The fourth-order valence-corrected chi connectivity index (χ4v) is 4.23. The maximum Gasteiger partial charge on any atom is 0.205 e. The van der Waals surface area contributed by atoms with Crippen molar-refractivity contribution in [1.29, 1.82) is 0 Å². The molecule has 28 heavy (non-hydrogen) atoms. The van der Waals surface area contributed by atoms with Crippen LogP contribution in [0.3, 0.4) is 0 Å². The molecule has 4 rings (SSSR count). The van der Waals surface area contributed by atoms with E-state index in [1.165, 1.54) is 22.8 Å². The summed E-state index contributed by atoms with van der Waals surface area (Å²) in [6, 6.07) is 16.1. The normalized spacial score (nSPS) is 14.4. The molecule has 0 bridgehead atoms. The number of piperazine rings is 1. The number of benzene rings is 2. The van der Waals surface area contributed by atoms with Crippen LogP contribution in [0, 0.1) is 0 Å². The zero-order valence-corrected chi connectivity index (χ0v) is 17.4. The molecule has 2 heterocycles. The van der Waals surface area contributed by atoms with E-state index in [0.717, 1.165) is 54.3 Å². The van der Waals surface area contributed by atoms with Gasteiger partial charge in [-0.15, -0.1) is 0 Å². The van der Waals surface area contributed by atoms with Gasteiger partial charge in [0.05, 0.1) is 12.3 Å². The molecule has 3 aromatic rings. The predicted molar refractivity (Wildman–Crippen MR) is 116 cm³/mol. The third-order valence-electron chi connectivity index (χ3n) is 4.79. The average Bonchev–Trinajstić information content (AvgIpc) is 3.19. The highest BCUT2D eigenvalue weighted by Gasteiger charge is 2.22. The van der Waals surface area contributed by atoms with E-state index < -0.39 is 0 Å². The first kappa shape index (κ1) is 19.0. The molecular formula is C21H23ClN4OS. The molecule has 1 aliphatic rings. The molecule has 1 aliphatic heterocycles. The minimum absolute atomic E-state index is 0.679. The molecule has 146 valence electrons. The van der Waals surface area contributed by atoms with Crippen LogP contribution < -0.4 is 14.5 Å². The van der Waals surface area contributed by atoms with Crippen LogP contribution in [0.1, 0.15) is 18.3 Å². The summed E-state index contributed by atoms with van der Waals surface area (Å²) < 4.78 is 10.3. The molecule has 0 amide bonds. The van der Waals surface area contributed by atoms with E-state index in [9.17, 15) is 0 Å². The van der Waals surface area contributed by atoms with Gasteiger partial charge in [-0.25, -0.2) is 4.98 Å². The molecule has 0 N–H and O–H groups in total. The summed E-state index contributed by atoms with van der Waals surface area (Å²) in [4.78, 5) is 9.46. The number of para-hydroxylation sites is 2. The second-order valence-electron chi connectivity index (χ2n) is 6.67. The lowest BCUT2D eigenvalue weighted by molar-refractivity contribution is 0.340. The van der Waals surface area contributed by atoms with Gasteiger partial charge >= 0.3 is 0 Å². The average molecular weight is 415 g/mol. The van der Waals surface area contributed by atoms with Crippen LogP contribution >= 0.6 is 23.1 Å². The molecule has 7 heteroatoms. The highest BCUT2D eigenvalue weighted by Crippen LogP contribution is 2.30. The van der Waals surface area contributed by atoms with Gasteiger partial charge in [-0.05, 0) is 36.8 Å². The Bertz CT molecular complexity index is 907. The van der Waals surface area contributed by atoms with Crippen molar-refractivity contribution in [3.05, 3.63) is 64.9 Å². The first-order chi connectivity index (χ1) is 13.7. The summed E-state index contributed by atoms with van der Waals surface area (Å²) in [5.74, 6) is 1.83. The monoisotopic (exact) mass is 414 g/mol. The van der Waals surface area contributed by atoms with E-state index in [0.29, 0.717) is 6.61 Å². The van der Waals surface area contributed by atoms with E-state index in [2.05, 4.69) is 26.3 Å². The van der Waals surface area contributed by atoms with Crippen molar-refractivity contribution in [3.63, 3.8) is 0 Å². The SMILES string of the molecule is CCOc1ccccc1N1CCN(c2nc(Cc3ccc(Cl)cc3)ns2)CC1. The zero-order valence-electron chi connectivity index (χ0n) is 15.8. The highest BCUT2D eigenvalue weighted by atomic mass is 35.5. The van der Waals surface area contributed by atoms with Crippen molar-refractivity contribution < 1.29 is 4.74 Å². The second kappa shape index (κ2) is 8.80. The molecule has 0 aliphatic carbocycles. The Morgan fingerprint density at radius 3 is 2.46 bits per heavy atom. The number of hydrogen-bond acceptors (Lipinski definition) is 6. The van der Waals surface area contributed by atoms with Crippen LogP contribution in [0.2, 0.25) is 5.02 Å². The van der Waals surface area contributed by atoms with Crippen LogP contribution in [0.5, 0.6) is 5.75 Å². The maximum absolute atomic E-state index is 5.96. The lowest BCUT2D eigenvalue weighted by atomic mass is 10.1. The Kier molecular flexibility index (Phi) is 5.98. The van der Waals surface area contributed by atoms with Crippen LogP contribution in [-0.4, -0.2) is 42.1 Å². The minimum atomic E-state index is 0.679. The molecule has 5 nitrogen and oxygen atoms in total. The highest BCUT2D eigenvalue weighted by molar-refractivity contribution is 7.09. The zero-order chi connectivity index (χ0) is 19.3. The van der Waals surface area contributed by atoms with E-state index in [4.69, 9.17) is 21.3 Å². The van der Waals surface area contributed by atoms with Crippen molar-refractivity contribution in [2.45, 2.75) is 13.3 Å². The number of ether oxygens (including phenoxy) is 1. The molecule has 0 saturated carbocycles. The fraction of sp³-hybridized carbons (Fsp3) is 0.333. The third kappa shape index (κ3) is 4.39. The summed E-state index contributed by atoms with van der Waals surface area (Å²) >= 11 is 7.44. The summed E-state index contributed by atoms with van der Waals surface area (Å²) in [5.41, 5.74) is 2.34. The van der Waals surface area contributed by atoms with E-state index in [1.807, 2.05) is 43.3 Å². The van der Waals surface area contributed by atoms with Crippen LogP contribution in [0.4, 0.5) is 10.8 Å². The summed E-state index contributed by atoms with van der Waals surface area (Å²) in [7, 11) is 0. The molecule has 1 aromatic heterocycles. The smallest absolute Gasteiger partial charge is 0.205 e. The van der Waals surface area contributed by atoms with E-state index in [-0.39, 0.29) is 0 Å². The van der Waals surface area contributed by atoms with Crippen molar-refractivity contribution in [3.8, 4) is 5.75 Å². The molecule has 0 unspecified atom stereocenters. The van der Waals surface area contributed by atoms with Gasteiger partial charge in [0.2, 0.25) is 5.13 Å². The number of nitrogens with zero attached hydrogens (tertiary/aromatic N) is 4. The van der Waals surface area contributed by atoms with Gasteiger partial charge < -0.3 is 14.5 Å². The molecular weight excluding hydrogens is 392 g/mol. The summed E-state index contributed by atoms with van der Waals surface area (Å²) in [6.45, 7) is 6.43. The van der Waals surface area contributed by atoms with Gasteiger partial charge in [-0.1, -0.05) is 35.9 Å². The second-order valence-corrected chi connectivity index (χ2v) is 7.84. The number of aromatic nitrogens is 2. The lowest BCUT2D eigenvalue weighted by Gasteiger charge is -2.36. The third-order valence-corrected chi connectivity index (χ3v) is 5.86. The number of halogens is 1. The molecule has 0 atom stereocenters. The maximum atomic E-state index is 5.96. The van der Waals surface area contributed by atoms with Gasteiger partial charge in [0.15, 0.2) is 0 Å². The molecule has 1 fully saturated rings. The van der Waals surface area contributed by atoms with Crippen molar-refractivity contribution in [1.82, 2.24) is 9.36 Å². The molecule has 2 aromatic carbocycles. The number of rotatable bonds is 6. The van der Waals surface area contributed by atoms with Gasteiger partial charge in [0, 0.05) is 49.2 Å². The predicted octanol–water partition coefficient (Wildman–Crippen LogP) is 4.51. The standard InChI is InChI=1S/C21H23ClN4OS/c1-2-27-19-6-4-3-5-18(19)25-11-13-26(14-12-25)21-23-20(24-28-21)15-16-7-9-17(22)10-8-16/h3-10H,2,11-15H2,1H3. The Balaban J connectivity index is 1.38. The Hall–Kier alpha value is -2.31. The quantitative estimate of drug-likeness (QED) is 0.593. The minimum Gasteiger partial charge on any atom is -0.492 e. The summed E-state index contributed by atoms with van der Waals surface area (Å²) in [6.07, 6.45) is 0.732. The van der Waals surface area contributed by atoms with Gasteiger partial charge in [-0.2, -0.15) is 4.37 Å². The number of anilines is 2. The first-order valence-corrected chi connectivity index (χ1v) is 10.7. The number of hydrogen-bond donors (Lipinski definition) is 0. The van der Waals surface area contributed by atoms with E-state index in [1.54, 1.807) is 0 Å². The molecule has 0 radical (unpaired) electrons. The van der Waals surface area contributed by atoms with E-state index >= 15 is 0 Å². The van der Waals surface area contributed by atoms with Gasteiger partial charge in [0.1, 0.15) is 11.6 Å². The van der Waals surface area contributed by atoms with Gasteiger partial charge in [-0.3, -0.25) is 0 Å². The van der Waals surface area contributed by atoms with Crippen LogP contribution in [-0.2, 0) is 6.42 Å². The van der Waals surface area contributed by atoms with Crippen molar-refractivity contribution in [2.75, 3.05) is 42.6 Å². The fourth-order valence-electron chi connectivity index (χ4n) is 3.36. The van der Waals surface area contributed by atoms with Crippen molar-refractivity contribution in [2.24, 2.45) is 0 Å². The Morgan fingerprint density at radius 1 is 1.00 bits per heavy atom. The van der Waals surface area contributed by atoms with Crippen molar-refractivity contribution >= 4 is 34.0 Å². The molecule has 1 saturated heterocycles. The lowest BCUT2D eigenvalue weighted by Crippen LogP contribution is -2.46. The summed E-state index contributed by atoms with van der Waals surface area (Å²) in [5, 5.41) is 1.75. The van der Waals surface area contributed by atoms with Crippen LogP contribution in [0.25, 0.3) is 0 Å². The first-order valence-electron chi connectivity index (χ1n) is 9.51. The molecule has 0 spiro atoms. The van der Waals surface area contributed by atoms with Gasteiger partial charge in [0.25, 0.3) is 0 Å².